The number of hydrogen-bond donors (Lipinski definition) is 1. The van der Waals surface area contributed by atoms with Gasteiger partial charge in [0.25, 0.3) is 0 Å². The van der Waals surface area contributed by atoms with Crippen LogP contribution in [0.25, 0.3) is 0 Å². The Morgan fingerprint density at radius 2 is 1.48 bits per heavy atom. The zero-order chi connectivity index (χ0) is 21.7. The van der Waals surface area contributed by atoms with E-state index in [1.807, 2.05) is 32.0 Å². The van der Waals surface area contributed by atoms with E-state index in [2.05, 4.69) is 26.1 Å². The summed E-state index contributed by atoms with van der Waals surface area (Å²) in [6, 6.07) is 5.79. The van der Waals surface area contributed by atoms with E-state index < -0.39 is 18.8 Å². The van der Waals surface area contributed by atoms with Crippen molar-refractivity contribution in [3.63, 3.8) is 0 Å². The molecule has 1 N–H and O–H groups in total. The molecular weight excluding hydrogens is 469 g/mol. The Hall–Kier alpha value is -1.30. The predicted octanol–water partition coefficient (Wildman–Crippen LogP) is 6.69. The third-order valence-electron chi connectivity index (χ3n) is 5.51. The first-order valence-electron chi connectivity index (χ1n) is 11.2. The van der Waals surface area contributed by atoms with Crippen molar-refractivity contribution in [3.05, 3.63) is 41.5 Å². The maximum atomic E-state index is 12.6. The summed E-state index contributed by atoms with van der Waals surface area (Å²) in [4.78, 5) is 24.9. The monoisotopic (exact) mass is 509 g/mol. The van der Waals surface area contributed by atoms with Crippen molar-refractivity contribution in [1.82, 2.24) is 0 Å². The fourth-order valence-corrected chi connectivity index (χ4v) is 16.4. The van der Waals surface area contributed by atoms with Crippen molar-refractivity contribution in [2.24, 2.45) is 0 Å². The number of carbonyl (C=O) groups is 2. The Morgan fingerprint density at radius 3 is 2.00 bits per heavy atom. The van der Waals surface area contributed by atoms with E-state index in [0.29, 0.717) is 0 Å². The van der Waals surface area contributed by atoms with Crippen LogP contribution in [0.4, 0.5) is 5.69 Å². The number of hydrogen-bond acceptors (Lipinski definition) is 3. The summed E-state index contributed by atoms with van der Waals surface area (Å²) in [5.74, 6) is -0.632. The van der Waals surface area contributed by atoms with Crippen LogP contribution in [0.15, 0.2) is 30.4 Å². The maximum absolute atomic E-state index is 12.6. The molecular formula is C24H39NO3Sn. The van der Waals surface area contributed by atoms with Crippen LogP contribution in [0.5, 0.6) is 0 Å². The molecule has 0 spiro atoms. The first-order chi connectivity index (χ1) is 13.9. The molecule has 0 aromatic heterocycles. The predicted molar refractivity (Wildman–Crippen MR) is 125 cm³/mol. The van der Waals surface area contributed by atoms with E-state index in [-0.39, 0.29) is 11.9 Å². The number of carbonyl (C=O) groups excluding carboxylic acids is 2. The van der Waals surface area contributed by atoms with Gasteiger partial charge in [-0.05, 0) is 0 Å². The van der Waals surface area contributed by atoms with Gasteiger partial charge >= 0.3 is 182 Å². The summed E-state index contributed by atoms with van der Waals surface area (Å²) in [6.07, 6.45) is 9.40. The number of rotatable bonds is 13. The molecule has 4 nitrogen and oxygen atoms in total. The van der Waals surface area contributed by atoms with Gasteiger partial charge in [-0.25, -0.2) is 0 Å². The van der Waals surface area contributed by atoms with Crippen LogP contribution in [-0.2, 0) is 12.7 Å². The van der Waals surface area contributed by atoms with Crippen LogP contribution in [0.3, 0.4) is 0 Å². The van der Waals surface area contributed by atoms with Gasteiger partial charge in [0, 0.05) is 0 Å². The van der Waals surface area contributed by atoms with Crippen LogP contribution >= 0.6 is 0 Å². The van der Waals surface area contributed by atoms with Gasteiger partial charge in [-0.2, -0.15) is 0 Å². The second-order valence-electron chi connectivity index (χ2n) is 7.98. The molecule has 1 aromatic rings. The fraction of sp³-hybridized carbons (Fsp3) is 0.583. The van der Waals surface area contributed by atoms with Crippen LogP contribution < -0.4 is 5.32 Å². The molecule has 5 heteroatoms. The van der Waals surface area contributed by atoms with Crippen LogP contribution in [0.2, 0.25) is 13.3 Å². The quantitative estimate of drug-likeness (QED) is 0.239. The Kier molecular flexibility index (Phi) is 12.3. The molecule has 0 aliphatic rings. The van der Waals surface area contributed by atoms with Crippen molar-refractivity contribution >= 4 is 36.4 Å². The molecule has 1 amide bonds. The minimum absolute atomic E-state index is 0.299. The number of anilines is 1. The Balaban J connectivity index is 2.80. The number of nitrogens with one attached hydrogen (secondary N) is 1. The summed E-state index contributed by atoms with van der Waals surface area (Å²) in [5.41, 5.74) is 2.92. The zero-order valence-electron chi connectivity index (χ0n) is 19.0. The summed E-state index contributed by atoms with van der Waals surface area (Å²) in [6.45, 7) is 10.6. The third kappa shape index (κ3) is 9.37. The normalized spacial score (nSPS) is 11.6. The molecule has 0 heterocycles. The molecule has 0 bridgehead atoms. The zero-order valence-corrected chi connectivity index (χ0v) is 21.8. The van der Waals surface area contributed by atoms with E-state index in [9.17, 15) is 9.59 Å². The first kappa shape index (κ1) is 25.7. The van der Waals surface area contributed by atoms with Crippen LogP contribution in [0, 0.1) is 13.8 Å². The molecule has 1 rings (SSSR count). The number of benzene rings is 1. The van der Waals surface area contributed by atoms with Crippen LogP contribution in [-0.4, -0.2) is 30.7 Å². The average Bonchev–Trinajstić information content (AvgIpc) is 2.71. The van der Waals surface area contributed by atoms with Crippen molar-refractivity contribution in [3.8, 4) is 0 Å². The van der Waals surface area contributed by atoms with Crippen molar-refractivity contribution in [2.75, 3.05) is 5.32 Å². The molecule has 0 radical (unpaired) electrons. The summed E-state index contributed by atoms with van der Waals surface area (Å²) < 4.78 is 9.48. The molecule has 162 valence electrons. The van der Waals surface area contributed by atoms with Gasteiger partial charge in [0.05, 0.1) is 0 Å². The summed E-state index contributed by atoms with van der Waals surface area (Å²) in [5, 5.41) is 2.86. The fourth-order valence-electron chi connectivity index (χ4n) is 3.48. The molecule has 0 saturated heterocycles. The number of amides is 1. The topological polar surface area (TPSA) is 55.4 Å². The van der Waals surface area contributed by atoms with Crippen LogP contribution in [0.1, 0.15) is 70.4 Å². The van der Waals surface area contributed by atoms with Crippen molar-refractivity contribution < 1.29 is 12.7 Å². The molecule has 29 heavy (non-hydrogen) atoms. The minimum atomic E-state index is -2.99. The van der Waals surface area contributed by atoms with Gasteiger partial charge in [0.15, 0.2) is 0 Å². The summed E-state index contributed by atoms with van der Waals surface area (Å²) >= 11 is -2.99. The molecule has 0 saturated carbocycles. The molecule has 0 aliphatic heterocycles. The molecule has 0 atom stereocenters. The first-order valence-corrected chi connectivity index (χ1v) is 18.4. The molecule has 0 unspecified atom stereocenters. The Labute approximate surface area is 181 Å². The Morgan fingerprint density at radius 1 is 0.931 bits per heavy atom. The SMILES string of the molecule is CCC[CH2][Sn]([CH2]CCC)([CH2]CCC)[O]C(=O)/C=C\C(=O)Nc1cccc(C)c1C. The van der Waals surface area contributed by atoms with E-state index in [0.717, 1.165) is 68.6 Å². The molecule has 0 fully saturated rings. The second-order valence-corrected chi connectivity index (χ2v) is 19.6. The van der Waals surface area contributed by atoms with Crippen molar-refractivity contribution in [1.29, 1.82) is 0 Å². The molecule has 0 aliphatic carbocycles. The Bertz CT molecular complexity index is 663. The second kappa shape index (κ2) is 13.8. The van der Waals surface area contributed by atoms with Gasteiger partial charge in [-0.15, -0.1) is 0 Å². The van der Waals surface area contributed by atoms with Gasteiger partial charge in [-0.1, -0.05) is 0 Å². The number of aryl methyl sites for hydroxylation is 1. The van der Waals surface area contributed by atoms with E-state index >= 15 is 0 Å². The average molecular weight is 508 g/mol. The van der Waals surface area contributed by atoms with E-state index in [4.69, 9.17) is 3.07 Å². The standard InChI is InChI=1S/C12H13NO3.3C4H9.Sn/c1-8-4-3-5-10(9(8)2)13-11(14)6-7-12(15)16;3*1-3-4-2;/h3-7H,1-2H3,(H,13,14)(H,15,16);3*1,3-4H2,2H3;/q;;;;+1/p-1/b7-6-;;;;. The van der Waals surface area contributed by atoms with Gasteiger partial charge in [0.2, 0.25) is 0 Å². The third-order valence-corrected chi connectivity index (χ3v) is 18.1. The van der Waals surface area contributed by atoms with Crippen molar-refractivity contribution in [2.45, 2.75) is 86.5 Å². The van der Waals surface area contributed by atoms with Gasteiger partial charge in [-0.3, -0.25) is 0 Å². The molecule has 1 aromatic carbocycles. The van der Waals surface area contributed by atoms with Gasteiger partial charge in [0.1, 0.15) is 0 Å². The summed E-state index contributed by atoms with van der Waals surface area (Å²) in [7, 11) is 0. The number of unbranched alkanes of at least 4 members (excludes halogenated alkanes) is 3. The van der Waals surface area contributed by atoms with E-state index in [1.54, 1.807) is 0 Å². The van der Waals surface area contributed by atoms with Gasteiger partial charge < -0.3 is 0 Å². The van der Waals surface area contributed by atoms with E-state index in [1.165, 1.54) is 12.2 Å².